The van der Waals surface area contributed by atoms with Gasteiger partial charge in [-0.3, -0.25) is 10.0 Å². The Morgan fingerprint density at radius 3 is 2.86 bits per heavy atom. The van der Waals surface area contributed by atoms with Crippen molar-refractivity contribution in [2.75, 3.05) is 0 Å². The van der Waals surface area contributed by atoms with Crippen LogP contribution in [0, 0.1) is 0 Å². The average molecular weight is 287 g/mol. The van der Waals surface area contributed by atoms with Crippen molar-refractivity contribution in [3.8, 4) is 0 Å². The minimum absolute atomic E-state index is 0.364. The molecule has 0 unspecified atom stereocenters. The minimum Gasteiger partial charge on any atom is -0.328 e. The quantitative estimate of drug-likeness (QED) is 0.504. The molecule has 1 heterocycles. The molecular weight excluding hydrogens is 266 g/mol. The summed E-state index contributed by atoms with van der Waals surface area (Å²) in [6, 6.07) is 5.93. The Hall–Kier alpha value is -2.14. The fourth-order valence-corrected chi connectivity index (χ4v) is 2.38. The number of imidazole rings is 1. The zero-order valence-corrected chi connectivity index (χ0v) is 12.6. The molecule has 1 aromatic heterocycles. The molecule has 0 aliphatic rings. The van der Waals surface area contributed by atoms with Crippen molar-refractivity contribution in [3.63, 3.8) is 0 Å². The molecular formula is C16H21N3O2. The summed E-state index contributed by atoms with van der Waals surface area (Å²) in [5.74, 6) is 0.902. The van der Waals surface area contributed by atoms with E-state index in [1.165, 1.54) is 6.08 Å². The van der Waals surface area contributed by atoms with Crippen LogP contribution in [0.4, 0.5) is 0 Å². The van der Waals surface area contributed by atoms with Gasteiger partial charge in [0.1, 0.15) is 5.82 Å². The lowest BCUT2D eigenvalue weighted by atomic mass is 10.2. The number of amides is 1. The third-order valence-electron chi connectivity index (χ3n) is 3.30. The van der Waals surface area contributed by atoms with Crippen LogP contribution in [0.15, 0.2) is 24.3 Å². The number of hydrogen-bond donors (Lipinski definition) is 2. The highest BCUT2D eigenvalue weighted by atomic mass is 16.5. The molecule has 5 heteroatoms. The normalized spacial score (nSPS) is 11.7. The fourth-order valence-electron chi connectivity index (χ4n) is 2.38. The van der Waals surface area contributed by atoms with Crippen LogP contribution in [0.25, 0.3) is 17.1 Å². The van der Waals surface area contributed by atoms with Crippen LogP contribution in [-0.4, -0.2) is 20.7 Å². The Kier molecular flexibility index (Phi) is 4.75. The molecule has 5 nitrogen and oxygen atoms in total. The first-order valence-electron chi connectivity index (χ1n) is 7.19. The second-order valence-electron chi connectivity index (χ2n) is 5.33. The van der Waals surface area contributed by atoms with Gasteiger partial charge < -0.3 is 4.57 Å². The highest BCUT2D eigenvalue weighted by molar-refractivity contribution is 5.91. The molecule has 2 N–H and O–H groups in total. The number of nitrogens with zero attached hydrogens (tertiary/aromatic N) is 2. The first kappa shape index (κ1) is 15.3. The molecule has 0 radical (unpaired) electrons. The molecule has 2 aromatic rings. The van der Waals surface area contributed by atoms with E-state index in [0.29, 0.717) is 5.92 Å². The zero-order valence-electron chi connectivity index (χ0n) is 12.6. The van der Waals surface area contributed by atoms with Crippen molar-refractivity contribution in [2.45, 2.75) is 39.7 Å². The van der Waals surface area contributed by atoms with Gasteiger partial charge in [-0.05, 0) is 30.2 Å². The first-order valence-corrected chi connectivity index (χ1v) is 7.19. The molecule has 0 fully saturated rings. The van der Waals surface area contributed by atoms with Crippen molar-refractivity contribution >= 4 is 23.0 Å². The summed E-state index contributed by atoms with van der Waals surface area (Å²) in [4.78, 5) is 15.7. The SMILES string of the molecule is CCCn1c(C(C)C)nc2cc(/C=C/C(=O)NO)ccc21. The lowest BCUT2D eigenvalue weighted by Gasteiger charge is -2.09. The molecule has 0 atom stereocenters. The van der Waals surface area contributed by atoms with Gasteiger partial charge in [-0.25, -0.2) is 10.5 Å². The molecule has 0 saturated heterocycles. The average Bonchev–Trinajstić information content (AvgIpc) is 2.83. The summed E-state index contributed by atoms with van der Waals surface area (Å²) in [5.41, 5.74) is 4.49. The molecule has 0 aliphatic carbocycles. The van der Waals surface area contributed by atoms with Crippen molar-refractivity contribution in [2.24, 2.45) is 0 Å². The fraction of sp³-hybridized carbons (Fsp3) is 0.375. The van der Waals surface area contributed by atoms with E-state index >= 15 is 0 Å². The summed E-state index contributed by atoms with van der Waals surface area (Å²) < 4.78 is 2.26. The molecule has 0 bridgehead atoms. The van der Waals surface area contributed by atoms with Crippen LogP contribution < -0.4 is 5.48 Å². The van der Waals surface area contributed by atoms with E-state index in [-0.39, 0.29) is 0 Å². The van der Waals surface area contributed by atoms with Gasteiger partial charge in [-0.15, -0.1) is 0 Å². The van der Waals surface area contributed by atoms with E-state index in [0.717, 1.165) is 35.4 Å². The van der Waals surface area contributed by atoms with E-state index in [1.807, 2.05) is 18.2 Å². The van der Waals surface area contributed by atoms with E-state index in [1.54, 1.807) is 11.6 Å². The second kappa shape index (κ2) is 6.54. The van der Waals surface area contributed by atoms with Crippen molar-refractivity contribution < 1.29 is 10.0 Å². The highest BCUT2D eigenvalue weighted by Crippen LogP contribution is 2.23. The second-order valence-corrected chi connectivity index (χ2v) is 5.33. The van der Waals surface area contributed by atoms with Gasteiger partial charge in [0.25, 0.3) is 5.91 Å². The lowest BCUT2D eigenvalue weighted by Crippen LogP contribution is -2.14. The largest absolute Gasteiger partial charge is 0.328 e. The molecule has 0 spiro atoms. The number of fused-ring (bicyclic) bond motifs is 1. The topological polar surface area (TPSA) is 67.2 Å². The highest BCUT2D eigenvalue weighted by Gasteiger charge is 2.13. The number of aromatic nitrogens is 2. The first-order chi connectivity index (χ1) is 10.1. The Morgan fingerprint density at radius 1 is 1.48 bits per heavy atom. The maximum absolute atomic E-state index is 11.0. The molecule has 21 heavy (non-hydrogen) atoms. The maximum atomic E-state index is 11.0. The number of hydrogen-bond acceptors (Lipinski definition) is 3. The van der Waals surface area contributed by atoms with Crippen LogP contribution in [0.5, 0.6) is 0 Å². The molecule has 1 aromatic carbocycles. The van der Waals surface area contributed by atoms with Crippen LogP contribution in [0.1, 0.15) is 44.5 Å². The van der Waals surface area contributed by atoms with Gasteiger partial charge in [0.05, 0.1) is 11.0 Å². The van der Waals surface area contributed by atoms with Gasteiger partial charge in [-0.1, -0.05) is 26.8 Å². The summed E-state index contributed by atoms with van der Waals surface area (Å²) in [6.07, 6.45) is 4.00. The third-order valence-corrected chi connectivity index (χ3v) is 3.30. The van der Waals surface area contributed by atoms with Gasteiger partial charge in [0, 0.05) is 18.5 Å². The van der Waals surface area contributed by atoms with Crippen LogP contribution in [-0.2, 0) is 11.3 Å². The maximum Gasteiger partial charge on any atom is 0.267 e. The minimum atomic E-state index is -0.547. The monoisotopic (exact) mass is 287 g/mol. The van der Waals surface area contributed by atoms with Gasteiger partial charge >= 0.3 is 0 Å². The van der Waals surface area contributed by atoms with E-state index < -0.39 is 5.91 Å². The van der Waals surface area contributed by atoms with E-state index in [2.05, 4.69) is 25.3 Å². The van der Waals surface area contributed by atoms with Gasteiger partial charge in [0.2, 0.25) is 0 Å². The Bertz CT molecular complexity index is 671. The van der Waals surface area contributed by atoms with E-state index in [9.17, 15) is 4.79 Å². The van der Waals surface area contributed by atoms with Crippen LogP contribution in [0.3, 0.4) is 0 Å². The van der Waals surface area contributed by atoms with Gasteiger partial charge in [0.15, 0.2) is 0 Å². The zero-order chi connectivity index (χ0) is 15.4. The summed E-state index contributed by atoms with van der Waals surface area (Å²) in [6.45, 7) is 7.38. The van der Waals surface area contributed by atoms with Gasteiger partial charge in [-0.2, -0.15) is 0 Å². The number of aryl methyl sites for hydroxylation is 1. The summed E-state index contributed by atoms with van der Waals surface area (Å²) in [7, 11) is 0. The smallest absolute Gasteiger partial charge is 0.267 e. The number of nitrogens with one attached hydrogen (secondary N) is 1. The van der Waals surface area contributed by atoms with Crippen LogP contribution in [0.2, 0.25) is 0 Å². The molecule has 1 amide bonds. The molecule has 0 aliphatic heterocycles. The Labute approximate surface area is 124 Å². The van der Waals surface area contributed by atoms with Crippen molar-refractivity contribution in [1.82, 2.24) is 15.0 Å². The number of benzene rings is 1. The lowest BCUT2D eigenvalue weighted by molar-refractivity contribution is -0.124. The summed E-state index contributed by atoms with van der Waals surface area (Å²) >= 11 is 0. The summed E-state index contributed by atoms with van der Waals surface area (Å²) in [5, 5.41) is 8.48. The number of carbonyl (C=O) groups excluding carboxylic acids is 1. The molecule has 0 saturated carbocycles. The number of carbonyl (C=O) groups is 1. The van der Waals surface area contributed by atoms with Crippen LogP contribution >= 0.6 is 0 Å². The third kappa shape index (κ3) is 3.31. The molecule has 2 rings (SSSR count). The number of rotatable bonds is 5. The predicted molar refractivity (Wildman–Crippen MR) is 83.1 cm³/mol. The van der Waals surface area contributed by atoms with E-state index in [4.69, 9.17) is 10.2 Å². The van der Waals surface area contributed by atoms with Crippen molar-refractivity contribution in [3.05, 3.63) is 35.7 Å². The Balaban J connectivity index is 2.44. The Morgan fingerprint density at radius 2 is 2.24 bits per heavy atom. The predicted octanol–water partition coefficient (Wildman–Crippen LogP) is 3.09. The standard InChI is InChI=1S/C16H21N3O2/c1-4-9-19-14-7-5-12(6-8-15(20)18-21)10-13(14)17-16(19)11(2)3/h5-8,10-11,21H,4,9H2,1-3H3,(H,18,20)/b8-6+. The number of hydroxylamine groups is 1. The van der Waals surface area contributed by atoms with Crippen molar-refractivity contribution in [1.29, 1.82) is 0 Å². The molecule has 112 valence electrons.